The summed E-state index contributed by atoms with van der Waals surface area (Å²) in [7, 11) is -4.41. The summed E-state index contributed by atoms with van der Waals surface area (Å²) in [5.41, 5.74) is 3.25. The van der Waals surface area contributed by atoms with Crippen LogP contribution in [0, 0.1) is 0 Å². The molecule has 10 nitrogen and oxygen atoms in total. The molecule has 2 atom stereocenters. The van der Waals surface area contributed by atoms with Crippen molar-refractivity contribution in [2.45, 2.75) is 24.9 Å². The molecule has 0 bridgehead atoms. The van der Waals surface area contributed by atoms with Crippen molar-refractivity contribution in [3.05, 3.63) is 107 Å². The van der Waals surface area contributed by atoms with Crippen LogP contribution < -0.4 is 15.4 Å². The van der Waals surface area contributed by atoms with Gasteiger partial charge >= 0.3 is 16.4 Å². The van der Waals surface area contributed by atoms with E-state index in [1.54, 1.807) is 12.1 Å². The van der Waals surface area contributed by atoms with Gasteiger partial charge in [-0.25, -0.2) is 9.78 Å². The number of hydrogen-bond acceptors (Lipinski definition) is 6. The number of carboxylic acid groups (broad SMARTS) is 1. The predicted octanol–water partition coefficient (Wildman–Crippen LogP) is 4.30. The Kier molecular flexibility index (Phi) is 8.92. The Morgan fingerprint density at radius 3 is 2.08 bits per heavy atom. The summed E-state index contributed by atoms with van der Waals surface area (Å²) in [6.07, 6.45) is -0.862. The highest BCUT2D eigenvalue weighted by Crippen LogP contribution is 2.28. The van der Waals surface area contributed by atoms with Crippen LogP contribution in [0.5, 0.6) is 0 Å². The fourth-order valence-corrected chi connectivity index (χ4v) is 5.28. The SMILES string of the molecule is O=C(O)N[C@@H](Cc1ccccc1)C(=O)N[C@@H](Cc1ccc(NS(=O)(=O)O)cc1)c1csc(-c2ccccc2)n1. The maximum absolute atomic E-state index is 13.4. The van der Waals surface area contributed by atoms with Crippen molar-refractivity contribution < 1.29 is 27.7 Å². The first kappa shape index (κ1) is 27.8. The monoisotopic (exact) mass is 566 g/mol. The maximum atomic E-state index is 13.4. The van der Waals surface area contributed by atoms with E-state index < -0.39 is 34.4 Å². The molecule has 39 heavy (non-hydrogen) atoms. The third-order valence-electron chi connectivity index (χ3n) is 5.75. The van der Waals surface area contributed by atoms with Gasteiger partial charge in [0.1, 0.15) is 11.0 Å². The lowest BCUT2D eigenvalue weighted by molar-refractivity contribution is -0.123. The second-order valence-corrected chi connectivity index (χ2v) is 10.7. The molecule has 0 saturated heterocycles. The van der Waals surface area contributed by atoms with Crippen molar-refractivity contribution >= 4 is 39.3 Å². The zero-order valence-electron chi connectivity index (χ0n) is 20.5. The van der Waals surface area contributed by atoms with Crippen LogP contribution in [0.1, 0.15) is 22.9 Å². The van der Waals surface area contributed by atoms with Gasteiger partial charge in [-0.2, -0.15) is 8.42 Å². The number of rotatable bonds is 11. The van der Waals surface area contributed by atoms with Gasteiger partial charge in [0.15, 0.2) is 0 Å². The van der Waals surface area contributed by atoms with E-state index in [-0.39, 0.29) is 12.1 Å². The van der Waals surface area contributed by atoms with Crippen molar-refractivity contribution in [3.63, 3.8) is 0 Å². The van der Waals surface area contributed by atoms with Gasteiger partial charge in [0, 0.05) is 17.4 Å². The number of nitrogens with zero attached hydrogens (tertiary/aromatic N) is 1. The molecular formula is C27H26N4O6S2. The van der Waals surface area contributed by atoms with Gasteiger partial charge in [0.05, 0.1) is 17.4 Å². The van der Waals surface area contributed by atoms with Crippen molar-refractivity contribution in [2.75, 3.05) is 4.72 Å². The zero-order valence-corrected chi connectivity index (χ0v) is 22.2. The zero-order chi connectivity index (χ0) is 27.8. The molecule has 0 spiro atoms. The first-order chi connectivity index (χ1) is 18.7. The summed E-state index contributed by atoms with van der Waals surface area (Å²) in [6.45, 7) is 0. The Balaban J connectivity index is 1.60. The first-order valence-corrected chi connectivity index (χ1v) is 14.2. The van der Waals surface area contributed by atoms with Gasteiger partial charge in [-0.1, -0.05) is 72.8 Å². The average Bonchev–Trinajstić information content (AvgIpc) is 3.39. The van der Waals surface area contributed by atoms with Crippen molar-refractivity contribution in [3.8, 4) is 10.6 Å². The van der Waals surface area contributed by atoms with Gasteiger partial charge in [0.25, 0.3) is 0 Å². The highest BCUT2D eigenvalue weighted by Gasteiger charge is 2.26. The van der Waals surface area contributed by atoms with Crippen LogP contribution in [0.2, 0.25) is 0 Å². The van der Waals surface area contributed by atoms with Crippen molar-refractivity contribution in [1.29, 1.82) is 0 Å². The van der Waals surface area contributed by atoms with Crippen LogP contribution in [0.3, 0.4) is 0 Å². The number of amides is 2. The largest absolute Gasteiger partial charge is 0.465 e. The lowest BCUT2D eigenvalue weighted by Gasteiger charge is -2.22. The molecule has 5 N–H and O–H groups in total. The molecule has 4 aromatic rings. The third-order valence-corrected chi connectivity index (χ3v) is 7.16. The molecule has 3 aromatic carbocycles. The van der Waals surface area contributed by atoms with Gasteiger partial charge < -0.3 is 15.7 Å². The smallest absolute Gasteiger partial charge is 0.405 e. The van der Waals surface area contributed by atoms with E-state index in [1.165, 1.54) is 23.5 Å². The number of nitrogens with one attached hydrogen (secondary N) is 3. The van der Waals surface area contributed by atoms with E-state index >= 15 is 0 Å². The fraction of sp³-hybridized carbons (Fsp3) is 0.148. The van der Waals surface area contributed by atoms with E-state index in [2.05, 4.69) is 10.6 Å². The summed E-state index contributed by atoms with van der Waals surface area (Å²) in [5.74, 6) is -0.509. The van der Waals surface area contributed by atoms with E-state index in [4.69, 9.17) is 9.54 Å². The molecule has 0 fully saturated rings. The minimum atomic E-state index is -4.41. The topological polar surface area (TPSA) is 158 Å². The van der Waals surface area contributed by atoms with Crippen LogP contribution in [0.25, 0.3) is 10.6 Å². The number of anilines is 1. The molecule has 12 heteroatoms. The highest BCUT2D eigenvalue weighted by atomic mass is 32.2. The van der Waals surface area contributed by atoms with Gasteiger partial charge in [-0.15, -0.1) is 11.3 Å². The third kappa shape index (κ3) is 8.37. The van der Waals surface area contributed by atoms with Crippen LogP contribution >= 0.6 is 11.3 Å². The summed E-state index contributed by atoms with van der Waals surface area (Å²) in [5, 5.41) is 17.2. The second-order valence-electron chi connectivity index (χ2n) is 8.67. The first-order valence-electron chi connectivity index (χ1n) is 11.8. The molecule has 0 radical (unpaired) electrons. The Hall–Kier alpha value is -4.26. The van der Waals surface area contributed by atoms with E-state index in [1.807, 2.05) is 70.8 Å². The number of benzene rings is 3. The molecule has 0 saturated carbocycles. The minimum absolute atomic E-state index is 0.161. The van der Waals surface area contributed by atoms with Gasteiger partial charge in [0.2, 0.25) is 5.91 Å². The Bertz CT molecular complexity index is 1510. The maximum Gasteiger partial charge on any atom is 0.405 e. The number of aromatic nitrogens is 1. The summed E-state index contributed by atoms with van der Waals surface area (Å²) >= 11 is 1.42. The van der Waals surface area contributed by atoms with Gasteiger partial charge in [-0.3, -0.25) is 14.1 Å². The van der Waals surface area contributed by atoms with E-state index in [0.29, 0.717) is 12.1 Å². The predicted molar refractivity (Wildman–Crippen MR) is 149 cm³/mol. The Morgan fingerprint density at radius 2 is 1.46 bits per heavy atom. The minimum Gasteiger partial charge on any atom is -0.465 e. The molecule has 0 unspecified atom stereocenters. The van der Waals surface area contributed by atoms with Crippen LogP contribution in [0.15, 0.2) is 90.3 Å². The highest BCUT2D eigenvalue weighted by molar-refractivity contribution is 7.87. The molecule has 0 aliphatic heterocycles. The standard InChI is InChI=1S/C27H26N4O6S2/c32-25(23(30-27(33)34)16-18-7-3-1-4-8-18)28-22(15-19-11-13-21(14-12-19)31-39(35,36)37)24-17-38-26(29-24)20-9-5-2-6-10-20/h1-14,17,22-23,30-31H,15-16H2,(H,28,32)(H,33,34)(H,35,36,37)/t22-,23-/m0/s1. The summed E-state index contributed by atoms with van der Waals surface area (Å²) in [4.78, 5) is 29.6. The lowest BCUT2D eigenvalue weighted by atomic mass is 10.0. The molecule has 2 amide bonds. The van der Waals surface area contributed by atoms with Crippen molar-refractivity contribution in [1.82, 2.24) is 15.6 Å². The molecule has 0 aliphatic carbocycles. The number of hydrogen-bond donors (Lipinski definition) is 5. The molecule has 1 heterocycles. The quantitative estimate of drug-likeness (QED) is 0.169. The summed E-state index contributed by atoms with van der Waals surface area (Å²) < 4.78 is 33.2. The Morgan fingerprint density at radius 1 is 0.846 bits per heavy atom. The molecule has 1 aromatic heterocycles. The Labute approximate surface area is 229 Å². The van der Waals surface area contributed by atoms with Crippen LogP contribution in [0.4, 0.5) is 10.5 Å². The number of carbonyl (C=O) groups is 2. The van der Waals surface area contributed by atoms with Crippen LogP contribution in [-0.2, 0) is 27.9 Å². The van der Waals surface area contributed by atoms with Crippen molar-refractivity contribution in [2.24, 2.45) is 0 Å². The molecule has 202 valence electrons. The molecule has 4 rings (SSSR count). The lowest BCUT2D eigenvalue weighted by Crippen LogP contribution is -2.48. The number of carbonyl (C=O) groups excluding carboxylic acids is 1. The molecule has 0 aliphatic rings. The van der Waals surface area contributed by atoms with Crippen LogP contribution in [-0.4, -0.2) is 41.1 Å². The van der Waals surface area contributed by atoms with E-state index in [0.717, 1.165) is 21.7 Å². The number of thiazole rings is 1. The normalized spacial score (nSPS) is 12.7. The fourth-order valence-electron chi connectivity index (χ4n) is 3.96. The summed E-state index contributed by atoms with van der Waals surface area (Å²) in [6, 6.07) is 23.3. The molecular weight excluding hydrogens is 540 g/mol. The van der Waals surface area contributed by atoms with E-state index in [9.17, 15) is 23.1 Å². The average molecular weight is 567 g/mol. The second kappa shape index (κ2) is 12.5. The van der Waals surface area contributed by atoms with Gasteiger partial charge in [-0.05, 0) is 29.7 Å².